The second-order valence-electron chi connectivity index (χ2n) is 6.84. The highest BCUT2D eigenvalue weighted by Crippen LogP contribution is 2.28. The molecule has 4 rings (SSSR count). The Kier molecular flexibility index (Phi) is 5.42. The molecule has 9 nitrogen and oxygen atoms in total. The molecule has 1 atom stereocenters. The first-order valence-corrected chi connectivity index (χ1v) is 9.38. The summed E-state index contributed by atoms with van der Waals surface area (Å²) in [5, 5.41) is 6.80. The zero-order valence-corrected chi connectivity index (χ0v) is 16.4. The minimum Gasteiger partial charge on any atom is -0.477 e. The average molecular weight is 413 g/mol. The Morgan fingerprint density at radius 2 is 2.17 bits per heavy atom. The van der Waals surface area contributed by atoms with Gasteiger partial charge in [0, 0.05) is 19.2 Å². The van der Waals surface area contributed by atoms with Gasteiger partial charge in [0.15, 0.2) is 17.7 Å². The van der Waals surface area contributed by atoms with Crippen molar-refractivity contribution in [2.45, 2.75) is 19.6 Å². The summed E-state index contributed by atoms with van der Waals surface area (Å²) in [6.45, 7) is 2.60. The minimum absolute atomic E-state index is 0.0154. The van der Waals surface area contributed by atoms with Gasteiger partial charge in [0.1, 0.15) is 5.69 Å². The first-order chi connectivity index (χ1) is 14.4. The summed E-state index contributed by atoms with van der Waals surface area (Å²) in [5.41, 5.74) is 1.64. The van der Waals surface area contributed by atoms with Crippen LogP contribution < -0.4 is 15.4 Å². The van der Waals surface area contributed by atoms with Crippen molar-refractivity contribution in [1.82, 2.24) is 20.3 Å². The summed E-state index contributed by atoms with van der Waals surface area (Å²) in [4.78, 5) is 37.2. The van der Waals surface area contributed by atoms with E-state index in [2.05, 4.69) is 20.6 Å². The number of anilines is 1. The van der Waals surface area contributed by atoms with Crippen LogP contribution in [0.3, 0.4) is 0 Å². The lowest BCUT2D eigenvalue weighted by molar-refractivity contribution is -0.151. The summed E-state index contributed by atoms with van der Waals surface area (Å²) in [5.74, 6) is -0.509. The van der Waals surface area contributed by atoms with Gasteiger partial charge in [-0.1, -0.05) is 6.08 Å². The van der Waals surface area contributed by atoms with Gasteiger partial charge < -0.3 is 15.4 Å². The molecule has 0 bridgehead atoms. The molecule has 156 valence electrons. The van der Waals surface area contributed by atoms with Crippen LogP contribution in [0.1, 0.15) is 28.7 Å². The second-order valence-corrected chi connectivity index (χ2v) is 6.84. The maximum atomic E-state index is 14.3. The van der Waals surface area contributed by atoms with Gasteiger partial charge in [0.25, 0.3) is 11.8 Å². The fourth-order valence-electron chi connectivity index (χ4n) is 3.11. The fourth-order valence-corrected chi connectivity index (χ4v) is 3.11. The molecule has 2 aliphatic rings. The van der Waals surface area contributed by atoms with Crippen molar-refractivity contribution < 1.29 is 23.6 Å². The summed E-state index contributed by atoms with van der Waals surface area (Å²) in [7, 11) is 1.46. The van der Waals surface area contributed by atoms with E-state index >= 15 is 0 Å². The van der Waals surface area contributed by atoms with Gasteiger partial charge in [-0.3, -0.25) is 14.4 Å². The van der Waals surface area contributed by atoms with Gasteiger partial charge in [-0.15, -0.1) is 0 Å². The van der Waals surface area contributed by atoms with Crippen LogP contribution in [0.4, 0.5) is 10.2 Å². The van der Waals surface area contributed by atoms with E-state index in [0.717, 1.165) is 0 Å². The minimum atomic E-state index is -0.722. The summed E-state index contributed by atoms with van der Waals surface area (Å²) < 4.78 is 19.8. The third-order valence-electron chi connectivity index (χ3n) is 4.77. The number of pyridine rings is 2. The molecule has 10 heteroatoms. The molecule has 0 saturated carbocycles. The van der Waals surface area contributed by atoms with Crippen LogP contribution in [-0.4, -0.2) is 53.1 Å². The van der Waals surface area contributed by atoms with E-state index < -0.39 is 18.0 Å². The van der Waals surface area contributed by atoms with Gasteiger partial charge in [0.05, 0.1) is 18.8 Å². The Morgan fingerprint density at radius 1 is 1.33 bits per heavy atom. The number of hydroxylamine groups is 2. The van der Waals surface area contributed by atoms with Crippen molar-refractivity contribution >= 4 is 23.2 Å². The van der Waals surface area contributed by atoms with Crippen molar-refractivity contribution in [1.29, 1.82) is 0 Å². The van der Waals surface area contributed by atoms with E-state index in [1.807, 2.05) is 6.08 Å². The number of fused-ring (bicyclic) bond motifs is 1. The Morgan fingerprint density at radius 3 is 2.87 bits per heavy atom. The number of amides is 2. The van der Waals surface area contributed by atoms with Crippen LogP contribution in [0.5, 0.6) is 5.75 Å². The molecule has 0 saturated heterocycles. The van der Waals surface area contributed by atoms with Crippen molar-refractivity contribution in [2.24, 2.45) is 0 Å². The van der Waals surface area contributed by atoms with E-state index in [1.165, 1.54) is 19.2 Å². The number of carbonyl (C=O) groups excluding carboxylic acids is 2. The van der Waals surface area contributed by atoms with Gasteiger partial charge in [0.2, 0.25) is 5.95 Å². The summed E-state index contributed by atoms with van der Waals surface area (Å²) >= 11 is 0. The Hall–Kier alpha value is -3.37. The fraction of sp³-hybridized carbons (Fsp3) is 0.300. The number of halogens is 1. The maximum absolute atomic E-state index is 14.3. The molecule has 0 spiro atoms. The van der Waals surface area contributed by atoms with Crippen molar-refractivity contribution in [3.8, 4) is 5.75 Å². The number of nitrogens with zero attached hydrogens (tertiary/aromatic N) is 3. The third-order valence-corrected chi connectivity index (χ3v) is 4.77. The Labute approximate surface area is 171 Å². The van der Waals surface area contributed by atoms with E-state index in [9.17, 15) is 14.0 Å². The highest BCUT2D eigenvalue weighted by atomic mass is 19.1. The lowest BCUT2D eigenvalue weighted by Gasteiger charge is -2.27. The maximum Gasteiger partial charge on any atom is 0.269 e. The predicted octanol–water partition coefficient (Wildman–Crippen LogP) is 1.53. The molecule has 2 N–H and O–H groups in total. The molecule has 0 radical (unpaired) electrons. The van der Waals surface area contributed by atoms with Crippen molar-refractivity contribution in [3.05, 3.63) is 53.2 Å². The lowest BCUT2D eigenvalue weighted by atomic mass is 10.1. The van der Waals surface area contributed by atoms with Gasteiger partial charge in [-0.2, -0.15) is 9.45 Å². The third kappa shape index (κ3) is 4.00. The number of aromatic nitrogens is 2. The first kappa shape index (κ1) is 19.9. The zero-order valence-electron chi connectivity index (χ0n) is 16.4. The number of rotatable bonds is 4. The standard InChI is InChI=1S/C20H20FN5O4/c1-11-19(27)25-18-16(30-11)6-3-13(23-18)9-26-8-7-12(10-29-26)14-4-5-15(20(28)22-2)24-17(14)21/h3-7,11H,8-10H2,1-2H3,(H,22,28)(H,23,25,27). The largest absolute Gasteiger partial charge is 0.477 e. The van der Waals surface area contributed by atoms with Gasteiger partial charge in [-0.25, -0.2) is 9.97 Å². The van der Waals surface area contributed by atoms with Gasteiger partial charge in [-0.05, 0) is 36.8 Å². The topological polar surface area (TPSA) is 106 Å². The Balaban J connectivity index is 1.43. The van der Waals surface area contributed by atoms with Crippen LogP contribution in [0.2, 0.25) is 0 Å². The van der Waals surface area contributed by atoms with Crippen LogP contribution >= 0.6 is 0 Å². The van der Waals surface area contributed by atoms with Crippen molar-refractivity contribution in [3.63, 3.8) is 0 Å². The highest BCUT2D eigenvalue weighted by Gasteiger charge is 2.25. The Bertz CT molecular complexity index is 1040. The number of hydrogen-bond acceptors (Lipinski definition) is 7. The number of carbonyl (C=O) groups is 2. The number of nitrogens with one attached hydrogen (secondary N) is 2. The zero-order chi connectivity index (χ0) is 21.3. The molecule has 2 aromatic heterocycles. The summed E-state index contributed by atoms with van der Waals surface area (Å²) in [6, 6.07) is 6.55. The van der Waals surface area contributed by atoms with Crippen LogP contribution in [0, 0.1) is 5.95 Å². The molecule has 0 fully saturated rings. The molecule has 2 aliphatic heterocycles. The summed E-state index contributed by atoms with van der Waals surface area (Å²) in [6.07, 6.45) is 1.29. The lowest BCUT2D eigenvalue weighted by Crippen LogP contribution is -2.35. The van der Waals surface area contributed by atoms with Crippen LogP contribution in [-0.2, 0) is 16.2 Å². The normalized spacial score (nSPS) is 18.7. The molecule has 2 aromatic rings. The van der Waals surface area contributed by atoms with Crippen molar-refractivity contribution in [2.75, 3.05) is 25.5 Å². The molecule has 0 aromatic carbocycles. The van der Waals surface area contributed by atoms with Crippen LogP contribution in [0.25, 0.3) is 5.57 Å². The van der Waals surface area contributed by atoms with E-state index in [0.29, 0.717) is 41.5 Å². The van der Waals surface area contributed by atoms with E-state index in [-0.39, 0.29) is 18.2 Å². The molecule has 1 unspecified atom stereocenters. The first-order valence-electron chi connectivity index (χ1n) is 9.38. The quantitative estimate of drug-likeness (QED) is 0.732. The number of hydrogen-bond donors (Lipinski definition) is 2. The predicted molar refractivity (Wildman–Crippen MR) is 105 cm³/mol. The SMILES string of the molecule is CNC(=O)c1ccc(C2=CCN(Cc3ccc4c(n3)NC(=O)C(C)O4)OC2)c(F)n1. The monoisotopic (exact) mass is 413 g/mol. The molecular weight excluding hydrogens is 393 g/mol. The van der Waals surface area contributed by atoms with E-state index in [1.54, 1.807) is 24.1 Å². The smallest absolute Gasteiger partial charge is 0.269 e. The van der Waals surface area contributed by atoms with Gasteiger partial charge >= 0.3 is 0 Å². The number of ether oxygens (including phenoxy) is 1. The molecule has 0 aliphatic carbocycles. The second kappa shape index (κ2) is 8.17. The highest BCUT2D eigenvalue weighted by molar-refractivity contribution is 5.96. The van der Waals surface area contributed by atoms with Crippen LogP contribution in [0.15, 0.2) is 30.3 Å². The van der Waals surface area contributed by atoms with E-state index in [4.69, 9.17) is 9.57 Å². The molecule has 2 amide bonds. The molecule has 4 heterocycles. The molecular formula is C20H20FN5O4. The molecule has 30 heavy (non-hydrogen) atoms. The average Bonchev–Trinajstić information content (AvgIpc) is 2.75.